The van der Waals surface area contributed by atoms with E-state index in [1.54, 1.807) is 0 Å². The number of aliphatic carboxylic acids is 1. The second-order valence-electron chi connectivity index (χ2n) is 7.60. The van der Waals surface area contributed by atoms with Gasteiger partial charge in [-0.2, -0.15) is 5.10 Å². The number of rotatable bonds is 7. The van der Waals surface area contributed by atoms with E-state index in [9.17, 15) is 14.7 Å². The summed E-state index contributed by atoms with van der Waals surface area (Å²) >= 11 is 0. The fourth-order valence-corrected chi connectivity index (χ4v) is 3.54. The zero-order valence-corrected chi connectivity index (χ0v) is 16.7. The van der Waals surface area contributed by atoms with Gasteiger partial charge in [0, 0.05) is 23.2 Å². The number of aromatic nitrogens is 3. The molecule has 0 aliphatic rings. The molecule has 1 atom stereocenters. The molecule has 3 aromatic rings. The normalized spacial score (nSPS) is 12.6. The molecule has 148 valence electrons. The highest BCUT2D eigenvalue weighted by Gasteiger charge is 2.21. The summed E-state index contributed by atoms with van der Waals surface area (Å²) in [6.07, 6.45) is 1.10. The third-order valence-corrected chi connectivity index (χ3v) is 4.96. The number of carbonyl (C=O) groups is 2. The number of benzene rings is 1. The Morgan fingerprint density at radius 3 is 2.61 bits per heavy atom. The number of carbonyl (C=O) groups excluding carboxylic acids is 1. The van der Waals surface area contributed by atoms with E-state index >= 15 is 0 Å². The molecular weight excluding hydrogens is 356 g/mol. The summed E-state index contributed by atoms with van der Waals surface area (Å²) in [5, 5.41) is 17.6. The largest absolute Gasteiger partial charge is 0.480 e. The number of aryl methyl sites for hydroxylation is 2. The van der Waals surface area contributed by atoms with E-state index in [1.165, 1.54) is 0 Å². The first-order valence-corrected chi connectivity index (χ1v) is 9.53. The molecular formula is C21H26N4O3. The van der Waals surface area contributed by atoms with Crippen molar-refractivity contribution in [1.29, 1.82) is 0 Å². The van der Waals surface area contributed by atoms with Gasteiger partial charge >= 0.3 is 5.97 Å². The summed E-state index contributed by atoms with van der Waals surface area (Å²) in [6, 6.07) is 7.00. The average Bonchev–Trinajstić information content (AvgIpc) is 2.99. The molecule has 2 heterocycles. The Morgan fingerprint density at radius 1 is 1.21 bits per heavy atom. The van der Waals surface area contributed by atoms with E-state index < -0.39 is 12.0 Å². The topological polar surface area (TPSA) is 96.6 Å². The number of nitrogens with zero attached hydrogens (tertiary/aromatic N) is 3. The fourth-order valence-electron chi connectivity index (χ4n) is 3.54. The van der Waals surface area contributed by atoms with Crippen LogP contribution >= 0.6 is 0 Å². The monoisotopic (exact) mass is 382 g/mol. The van der Waals surface area contributed by atoms with Crippen molar-refractivity contribution < 1.29 is 14.7 Å². The summed E-state index contributed by atoms with van der Waals surface area (Å²) in [5.74, 6) is -1.08. The van der Waals surface area contributed by atoms with Crippen LogP contribution in [0, 0.1) is 19.8 Å². The maximum absolute atomic E-state index is 12.3. The van der Waals surface area contributed by atoms with Crippen molar-refractivity contribution in [1.82, 2.24) is 19.9 Å². The first-order chi connectivity index (χ1) is 13.3. The lowest BCUT2D eigenvalue weighted by Crippen LogP contribution is -2.41. The van der Waals surface area contributed by atoms with Crippen LogP contribution in [-0.4, -0.2) is 37.6 Å². The molecule has 0 radical (unpaired) electrons. The third kappa shape index (κ3) is 3.98. The molecule has 0 aliphatic heterocycles. The summed E-state index contributed by atoms with van der Waals surface area (Å²) in [7, 11) is 0. The van der Waals surface area contributed by atoms with Crippen molar-refractivity contribution in [2.45, 2.75) is 53.0 Å². The molecule has 7 heteroatoms. The molecule has 7 nitrogen and oxygen atoms in total. The molecule has 1 aromatic carbocycles. The lowest BCUT2D eigenvalue weighted by Gasteiger charge is -2.17. The van der Waals surface area contributed by atoms with Crippen LogP contribution in [0.3, 0.4) is 0 Å². The van der Waals surface area contributed by atoms with E-state index in [0.717, 1.165) is 33.5 Å². The molecule has 0 unspecified atom stereocenters. The van der Waals surface area contributed by atoms with Gasteiger partial charge in [-0.15, -0.1) is 0 Å². The van der Waals surface area contributed by atoms with Gasteiger partial charge in [0.15, 0.2) is 5.65 Å². The summed E-state index contributed by atoms with van der Waals surface area (Å²) in [6.45, 7) is 7.77. The van der Waals surface area contributed by atoms with Crippen LogP contribution < -0.4 is 5.32 Å². The molecule has 0 bridgehead atoms. The van der Waals surface area contributed by atoms with Gasteiger partial charge in [0.2, 0.25) is 5.91 Å². The SMILES string of the molecule is Cc1nc2c3ccccc3nn2c(C)c1CCC(=O)N[C@H](CC(C)C)C(=O)O. The summed E-state index contributed by atoms with van der Waals surface area (Å²) < 4.78 is 1.82. The Hall–Kier alpha value is -2.96. The lowest BCUT2D eigenvalue weighted by atomic mass is 10.0. The summed E-state index contributed by atoms with van der Waals surface area (Å²) in [5.41, 5.74) is 4.46. The highest BCUT2D eigenvalue weighted by molar-refractivity contribution is 5.92. The van der Waals surface area contributed by atoms with Crippen LogP contribution in [0.1, 0.15) is 43.6 Å². The van der Waals surface area contributed by atoms with Crippen molar-refractivity contribution in [3.8, 4) is 0 Å². The van der Waals surface area contributed by atoms with Crippen molar-refractivity contribution in [3.63, 3.8) is 0 Å². The standard InChI is InChI=1S/C21H26N4O3/c1-12(2)11-18(21(27)28)23-19(26)10-9-15-13(3)22-20-16-7-5-6-8-17(16)24-25(20)14(15)4/h5-8,12,18H,9-11H2,1-4H3,(H,23,26)(H,27,28)/t18-/m1/s1. The maximum atomic E-state index is 12.3. The van der Waals surface area contributed by atoms with Gasteiger partial charge in [-0.25, -0.2) is 14.3 Å². The van der Waals surface area contributed by atoms with Crippen LogP contribution in [-0.2, 0) is 16.0 Å². The highest BCUT2D eigenvalue weighted by atomic mass is 16.4. The minimum atomic E-state index is -0.999. The smallest absolute Gasteiger partial charge is 0.326 e. The first kappa shape index (κ1) is 19.8. The number of amides is 1. The Labute approximate surface area is 163 Å². The average molecular weight is 382 g/mol. The zero-order chi connectivity index (χ0) is 20.4. The highest BCUT2D eigenvalue weighted by Crippen LogP contribution is 2.23. The Bertz CT molecular complexity index is 1040. The van der Waals surface area contributed by atoms with Gasteiger partial charge in [-0.05, 0) is 50.3 Å². The van der Waals surface area contributed by atoms with Gasteiger partial charge in [0.05, 0.1) is 5.52 Å². The van der Waals surface area contributed by atoms with Gasteiger partial charge in [0.25, 0.3) is 0 Å². The number of carboxylic acid groups (broad SMARTS) is 1. The number of fused-ring (bicyclic) bond motifs is 3. The molecule has 2 N–H and O–H groups in total. The van der Waals surface area contributed by atoms with Crippen molar-refractivity contribution in [2.24, 2.45) is 5.92 Å². The van der Waals surface area contributed by atoms with Gasteiger partial charge in [0.1, 0.15) is 6.04 Å². The van der Waals surface area contributed by atoms with E-state index in [4.69, 9.17) is 4.98 Å². The molecule has 2 aromatic heterocycles. The third-order valence-electron chi connectivity index (χ3n) is 4.96. The van der Waals surface area contributed by atoms with Crippen LogP contribution in [0.5, 0.6) is 0 Å². The second-order valence-corrected chi connectivity index (χ2v) is 7.60. The zero-order valence-electron chi connectivity index (χ0n) is 16.7. The maximum Gasteiger partial charge on any atom is 0.326 e. The Kier molecular flexibility index (Phi) is 5.63. The predicted molar refractivity (Wildman–Crippen MR) is 107 cm³/mol. The van der Waals surface area contributed by atoms with Crippen molar-refractivity contribution in [3.05, 3.63) is 41.2 Å². The van der Waals surface area contributed by atoms with Gasteiger partial charge in [-0.3, -0.25) is 4.79 Å². The first-order valence-electron chi connectivity index (χ1n) is 9.53. The molecule has 0 saturated carbocycles. The molecule has 0 spiro atoms. The fraction of sp³-hybridized carbons (Fsp3) is 0.429. The van der Waals surface area contributed by atoms with Crippen molar-refractivity contribution >= 4 is 28.4 Å². The number of hydrogen-bond acceptors (Lipinski definition) is 4. The molecule has 28 heavy (non-hydrogen) atoms. The predicted octanol–water partition coefficient (Wildman–Crippen LogP) is 3.05. The number of hydrogen-bond donors (Lipinski definition) is 2. The van der Waals surface area contributed by atoms with Crippen molar-refractivity contribution in [2.75, 3.05) is 0 Å². The van der Waals surface area contributed by atoms with E-state index in [2.05, 4.69) is 10.4 Å². The van der Waals surface area contributed by atoms with Gasteiger partial charge < -0.3 is 10.4 Å². The second kappa shape index (κ2) is 7.96. The lowest BCUT2D eigenvalue weighted by molar-refractivity contribution is -0.142. The van der Waals surface area contributed by atoms with Gasteiger partial charge in [-0.1, -0.05) is 26.0 Å². The molecule has 0 aliphatic carbocycles. The van der Waals surface area contributed by atoms with E-state index in [1.807, 2.05) is 56.5 Å². The van der Waals surface area contributed by atoms with Crippen LogP contribution in [0.15, 0.2) is 24.3 Å². The van der Waals surface area contributed by atoms with E-state index in [-0.39, 0.29) is 18.2 Å². The number of nitrogens with one attached hydrogen (secondary N) is 1. The molecule has 3 rings (SSSR count). The Balaban J connectivity index is 1.79. The molecule has 0 fully saturated rings. The van der Waals surface area contributed by atoms with Crippen LogP contribution in [0.25, 0.3) is 16.6 Å². The summed E-state index contributed by atoms with van der Waals surface area (Å²) in [4.78, 5) is 28.4. The van der Waals surface area contributed by atoms with E-state index in [0.29, 0.717) is 12.8 Å². The quantitative estimate of drug-likeness (QED) is 0.655. The minimum absolute atomic E-state index is 0.187. The molecule has 0 saturated heterocycles. The number of carboxylic acids is 1. The van der Waals surface area contributed by atoms with Crippen LogP contribution in [0.2, 0.25) is 0 Å². The Morgan fingerprint density at radius 2 is 1.93 bits per heavy atom. The molecule has 1 amide bonds. The minimum Gasteiger partial charge on any atom is -0.480 e. The van der Waals surface area contributed by atoms with Crippen LogP contribution in [0.4, 0.5) is 0 Å².